The van der Waals surface area contributed by atoms with Gasteiger partial charge in [0.25, 0.3) is 0 Å². The Bertz CT molecular complexity index is 2890. The first-order valence-corrected chi connectivity index (χ1v) is 18.4. The summed E-state index contributed by atoms with van der Waals surface area (Å²) < 4.78 is 6.44. The van der Waals surface area contributed by atoms with Crippen molar-refractivity contribution >= 4 is 49.6 Å². The molecule has 2 heteroatoms. The highest BCUT2D eigenvalue weighted by atomic mass is 16.3. The van der Waals surface area contributed by atoms with Crippen molar-refractivity contribution in [3.8, 4) is 44.7 Å². The summed E-state index contributed by atoms with van der Waals surface area (Å²) in [6, 6.07) is 75.9. The van der Waals surface area contributed by atoms with Crippen LogP contribution >= 0.6 is 0 Å². The molecule has 10 rings (SSSR count). The lowest BCUT2D eigenvalue weighted by Crippen LogP contribution is -2.10. The molecule has 1 heterocycles. The standard InChI is InChI=1S/C52H35NO/c1-3-12-36(13-4-1)40-18-11-19-45(32-40)53(46-29-31-49-42(33-46)23-22-39-16-7-9-20-47(39)49)44-27-24-37(25-28-44)41-26-30-48(38-14-5-2-6-15-38)50(34-41)52-35-43-17-8-10-21-51(43)54-52/h1-35H. The predicted molar refractivity (Wildman–Crippen MR) is 228 cm³/mol. The molecule has 0 aliphatic rings. The topological polar surface area (TPSA) is 16.4 Å². The molecule has 0 unspecified atom stereocenters. The van der Waals surface area contributed by atoms with Gasteiger partial charge in [-0.3, -0.25) is 0 Å². The number of hydrogen-bond acceptors (Lipinski definition) is 2. The molecule has 254 valence electrons. The van der Waals surface area contributed by atoms with Gasteiger partial charge < -0.3 is 9.32 Å². The third kappa shape index (κ3) is 5.81. The molecule has 0 amide bonds. The number of rotatable bonds is 7. The van der Waals surface area contributed by atoms with Crippen molar-refractivity contribution in [2.24, 2.45) is 0 Å². The molecule has 1 aromatic heterocycles. The molecule has 54 heavy (non-hydrogen) atoms. The highest BCUT2D eigenvalue weighted by molar-refractivity contribution is 6.08. The smallest absolute Gasteiger partial charge is 0.136 e. The first-order chi connectivity index (χ1) is 26.7. The number of para-hydroxylation sites is 1. The summed E-state index contributed by atoms with van der Waals surface area (Å²) in [6.45, 7) is 0. The van der Waals surface area contributed by atoms with Gasteiger partial charge in [0.1, 0.15) is 11.3 Å². The minimum atomic E-state index is 0.863. The van der Waals surface area contributed by atoms with Crippen LogP contribution in [0.25, 0.3) is 77.2 Å². The van der Waals surface area contributed by atoms with Crippen LogP contribution in [-0.4, -0.2) is 0 Å². The minimum Gasteiger partial charge on any atom is -0.456 e. The second-order valence-electron chi connectivity index (χ2n) is 13.8. The fourth-order valence-corrected chi connectivity index (χ4v) is 7.76. The van der Waals surface area contributed by atoms with E-state index in [1.165, 1.54) is 32.7 Å². The number of hydrogen-bond donors (Lipinski definition) is 0. The van der Waals surface area contributed by atoms with E-state index >= 15 is 0 Å². The van der Waals surface area contributed by atoms with Crippen molar-refractivity contribution in [2.75, 3.05) is 4.90 Å². The molecule has 0 spiro atoms. The quantitative estimate of drug-likeness (QED) is 0.155. The second kappa shape index (κ2) is 13.4. The number of nitrogens with zero attached hydrogens (tertiary/aromatic N) is 1. The molecule has 2 nitrogen and oxygen atoms in total. The Hall–Kier alpha value is -7.16. The minimum absolute atomic E-state index is 0.863. The van der Waals surface area contributed by atoms with Gasteiger partial charge in [0.15, 0.2) is 0 Å². The van der Waals surface area contributed by atoms with Gasteiger partial charge in [-0.25, -0.2) is 0 Å². The second-order valence-corrected chi connectivity index (χ2v) is 13.8. The number of benzene rings is 9. The number of anilines is 3. The summed E-state index contributed by atoms with van der Waals surface area (Å²) in [5.41, 5.74) is 12.2. The molecule has 0 saturated heterocycles. The summed E-state index contributed by atoms with van der Waals surface area (Å²) in [4.78, 5) is 2.36. The van der Waals surface area contributed by atoms with E-state index in [-0.39, 0.29) is 0 Å². The molecule has 0 aliphatic carbocycles. The molecule has 0 N–H and O–H groups in total. The molecular formula is C52H35NO. The van der Waals surface area contributed by atoms with Crippen molar-refractivity contribution < 1.29 is 4.42 Å². The Morgan fingerprint density at radius 2 is 0.889 bits per heavy atom. The van der Waals surface area contributed by atoms with E-state index < -0.39 is 0 Å². The summed E-state index contributed by atoms with van der Waals surface area (Å²) in [6.07, 6.45) is 0. The van der Waals surface area contributed by atoms with Crippen molar-refractivity contribution in [2.45, 2.75) is 0 Å². The van der Waals surface area contributed by atoms with Crippen LogP contribution in [0.2, 0.25) is 0 Å². The lowest BCUT2D eigenvalue weighted by molar-refractivity contribution is 0.632. The highest BCUT2D eigenvalue weighted by Gasteiger charge is 2.17. The maximum absolute atomic E-state index is 6.44. The summed E-state index contributed by atoms with van der Waals surface area (Å²) in [5.74, 6) is 0.863. The highest BCUT2D eigenvalue weighted by Crippen LogP contribution is 2.41. The van der Waals surface area contributed by atoms with Crippen molar-refractivity contribution in [1.29, 1.82) is 0 Å². The van der Waals surface area contributed by atoms with Crippen LogP contribution in [0.3, 0.4) is 0 Å². The number of fused-ring (bicyclic) bond motifs is 4. The Morgan fingerprint density at radius 3 is 1.70 bits per heavy atom. The van der Waals surface area contributed by atoms with Gasteiger partial charge in [0, 0.05) is 28.0 Å². The van der Waals surface area contributed by atoms with Gasteiger partial charge in [-0.05, 0) is 110 Å². The van der Waals surface area contributed by atoms with Crippen LogP contribution in [-0.2, 0) is 0 Å². The Morgan fingerprint density at radius 1 is 0.296 bits per heavy atom. The van der Waals surface area contributed by atoms with E-state index in [0.29, 0.717) is 0 Å². The summed E-state index contributed by atoms with van der Waals surface area (Å²) >= 11 is 0. The molecule has 9 aromatic carbocycles. The average Bonchev–Trinajstić information content (AvgIpc) is 3.69. The Kier molecular flexibility index (Phi) is 7.85. The molecule has 0 fully saturated rings. The Labute approximate surface area is 314 Å². The van der Waals surface area contributed by atoms with E-state index in [0.717, 1.165) is 61.6 Å². The molecule has 0 bridgehead atoms. The third-order valence-electron chi connectivity index (χ3n) is 10.5. The van der Waals surface area contributed by atoms with Crippen LogP contribution in [0.4, 0.5) is 17.1 Å². The van der Waals surface area contributed by atoms with Crippen LogP contribution in [0.5, 0.6) is 0 Å². The first kappa shape index (κ1) is 31.6. The van der Waals surface area contributed by atoms with Crippen molar-refractivity contribution in [3.05, 3.63) is 212 Å². The monoisotopic (exact) mass is 689 g/mol. The zero-order chi connectivity index (χ0) is 35.8. The van der Waals surface area contributed by atoms with Crippen molar-refractivity contribution in [3.63, 3.8) is 0 Å². The Balaban J connectivity index is 1.08. The molecule has 10 aromatic rings. The molecule has 0 radical (unpaired) electrons. The summed E-state index contributed by atoms with van der Waals surface area (Å²) in [5, 5.41) is 6.08. The van der Waals surface area contributed by atoms with Gasteiger partial charge in [0.05, 0.1) is 0 Å². The third-order valence-corrected chi connectivity index (χ3v) is 10.5. The molecule has 0 saturated carbocycles. The SMILES string of the molecule is c1ccc(-c2cccc(N(c3ccc(-c4ccc(-c5ccccc5)c(-c5cc6ccccc6o5)c4)cc3)c3ccc4c(ccc5ccccc54)c3)c2)cc1. The average molecular weight is 690 g/mol. The van der Waals surface area contributed by atoms with E-state index in [1.54, 1.807) is 0 Å². The molecule has 0 aliphatic heterocycles. The predicted octanol–water partition coefficient (Wildman–Crippen LogP) is 14.9. The maximum atomic E-state index is 6.44. The largest absolute Gasteiger partial charge is 0.456 e. The number of furan rings is 1. The first-order valence-electron chi connectivity index (χ1n) is 18.4. The molecule has 0 atom stereocenters. The normalized spacial score (nSPS) is 11.3. The fourth-order valence-electron chi connectivity index (χ4n) is 7.76. The molecular weight excluding hydrogens is 655 g/mol. The van der Waals surface area contributed by atoms with Gasteiger partial charge >= 0.3 is 0 Å². The van der Waals surface area contributed by atoms with E-state index in [1.807, 2.05) is 12.1 Å². The van der Waals surface area contributed by atoms with Crippen LogP contribution in [0.15, 0.2) is 217 Å². The lowest BCUT2D eigenvalue weighted by atomic mass is 9.93. The zero-order valence-corrected chi connectivity index (χ0v) is 29.6. The van der Waals surface area contributed by atoms with E-state index in [9.17, 15) is 0 Å². The maximum Gasteiger partial charge on any atom is 0.136 e. The lowest BCUT2D eigenvalue weighted by Gasteiger charge is -2.27. The summed E-state index contributed by atoms with van der Waals surface area (Å²) in [7, 11) is 0. The van der Waals surface area contributed by atoms with Gasteiger partial charge in [0.2, 0.25) is 0 Å². The van der Waals surface area contributed by atoms with Crippen LogP contribution < -0.4 is 4.90 Å². The fraction of sp³-hybridized carbons (Fsp3) is 0. The zero-order valence-electron chi connectivity index (χ0n) is 29.6. The van der Waals surface area contributed by atoms with Gasteiger partial charge in [-0.2, -0.15) is 0 Å². The van der Waals surface area contributed by atoms with E-state index in [4.69, 9.17) is 4.42 Å². The van der Waals surface area contributed by atoms with Gasteiger partial charge in [-0.15, -0.1) is 0 Å². The van der Waals surface area contributed by atoms with Gasteiger partial charge in [-0.1, -0.05) is 158 Å². The van der Waals surface area contributed by atoms with Crippen LogP contribution in [0, 0.1) is 0 Å². The van der Waals surface area contributed by atoms with E-state index in [2.05, 4.69) is 205 Å². The van der Waals surface area contributed by atoms with Crippen molar-refractivity contribution in [1.82, 2.24) is 0 Å². The van der Waals surface area contributed by atoms with Crippen LogP contribution in [0.1, 0.15) is 0 Å².